The number of piperidine rings is 1. The number of amides is 1. The molecular formula is C34H43FN4O3. The zero-order valence-corrected chi connectivity index (χ0v) is 24.8. The predicted molar refractivity (Wildman–Crippen MR) is 164 cm³/mol. The molecule has 0 radical (unpaired) electrons. The third kappa shape index (κ3) is 7.41. The number of likely N-dealkylation sites (tertiary alicyclic amines) is 1. The number of nitrogens with one attached hydrogen (secondary N) is 1. The first-order chi connectivity index (χ1) is 20.6. The van der Waals surface area contributed by atoms with Gasteiger partial charge in [-0.3, -0.25) is 14.6 Å². The average molecular weight is 575 g/mol. The molecule has 0 spiro atoms. The van der Waals surface area contributed by atoms with Crippen molar-refractivity contribution in [1.29, 1.82) is 0 Å². The van der Waals surface area contributed by atoms with Crippen LogP contribution in [-0.4, -0.2) is 75.2 Å². The van der Waals surface area contributed by atoms with Gasteiger partial charge in [0.2, 0.25) is 5.91 Å². The number of carbonyl (C=O) groups excluding carboxylic acids is 1. The van der Waals surface area contributed by atoms with Gasteiger partial charge in [-0.1, -0.05) is 54.6 Å². The standard InChI is InChI=1S/C34H43FN4O3/c1-41-32-14-8-11-27(34(32)42-2)23-36-33(40)16-15-28-25-37(24-26-9-4-3-5-10-26)18-17-30(28)38-19-21-39(22-20-38)31-13-7-6-12-29(31)35/h3-14,28,30H,15-25H2,1-2H3,(H,36,40)/t28-,30+/m0/s1. The van der Waals surface area contributed by atoms with Crippen molar-refractivity contribution in [2.75, 3.05) is 58.4 Å². The number of ether oxygens (including phenoxy) is 2. The Balaban J connectivity index is 1.21. The van der Waals surface area contributed by atoms with E-state index in [1.165, 1.54) is 11.6 Å². The van der Waals surface area contributed by atoms with Crippen LogP contribution >= 0.6 is 0 Å². The summed E-state index contributed by atoms with van der Waals surface area (Å²) in [5.74, 6) is 1.57. The van der Waals surface area contributed by atoms with Gasteiger partial charge in [0.1, 0.15) is 5.82 Å². The van der Waals surface area contributed by atoms with Crippen LogP contribution in [0.4, 0.5) is 10.1 Å². The lowest BCUT2D eigenvalue weighted by Crippen LogP contribution is -2.56. The lowest BCUT2D eigenvalue weighted by Gasteiger charge is -2.47. The number of nitrogens with zero attached hydrogens (tertiary/aromatic N) is 3. The van der Waals surface area contributed by atoms with Gasteiger partial charge in [0.25, 0.3) is 0 Å². The Morgan fingerprint density at radius 3 is 2.40 bits per heavy atom. The fourth-order valence-corrected chi connectivity index (χ4v) is 6.54. The number of piperazine rings is 1. The summed E-state index contributed by atoms with van der Waals surface area (Å²) >= 11 is 0. The van der Waals surface area contributed by atoms with Gasteiger partial charge in [-0.05, 0) is 49.1 Å². The molecule has 0 aromatic heterocycles. The largest absolute Gasteiger partial charge is 0.493 e. The number of hydrogen-bond donors (Lipinski definition) is 1. The number of rotatable bonds is 11. The molecular weight excluding hydrogens is 531 g/mol. The van der Waals surface area contributed by atoms with E-state index in [0.717, 1.165) is 64.2 Å². The van der Waals surface area contributed by atoms with Gasteiger partial charge in [-0.25, -0.2) is 4.39 Å². The van der Waals surface area contributed by atoms with Gasteiger partial charge in [0, 0.05) is 63.8 Å². The summed E-state index contributed by atoms with van der Waals surface area (Å²) in [4.78, 5) is 20.3. The molecule has 5 rings (SSSR count). The molecule has 0 aliphatic carbocycles. The molecule has 2 aliphatic rings. The molecule has 2 aliphatic heterocycles. The van der Waals surface area contributed by atoms with Gasteiger partial charge in [0.15, 0.2) is 11.5 Å². The van der Waals surface area contributed by atoms with Crippen molar-refractivity contribution in [3.63, 3.8) is 0 Å². The van der Waals surface area contributed by atoms with Gasteiger partial charge in [0.05, 0.1) is 19.9 Å². The maximum Gasteiger partial charge on any atom is 0.220 e. The van der Waals surface area contributed by atoms with E-state index in [4.69, 9.17) is 9.47 Å². The molecule has 224 valence electrons. The first-order valence-corrected chi connectivity index (χ1v) is 15.0. The van der Waals surface area contributed by atoms with E-state index in [2.05, 4.69) is 50.3 Å². The number of para-hydroxylation sites is 2. The fraction of sp³-hybridized carbons (Fsp3) is 0.441. The summed E-state index contributed by atoms with van der Waals surface area (Å²) in [7, 11) is 3.23. The summed E-state index contributed by atoms with van der Waals surface area (Å²) in [6, 6.07) is 23.8. The van der Waals surface area contributed by atoms with Crippen molar-refractivity contribution in [3.05, 3.63) is 89.7 Å². The molecule has 3 aromatic rings. The number of halogens is 1. The van der Waals surface area contributed by atoms with Crippen molar-refractivity contribution in [2.24, 2.45) is 5.92 Å². The van der Waals surface area contributed by atoms with Crippen LogP contribution in [0.1, 0.15) is 30.4 Å². The molecule has 2 saturated heterocycles. The summed E-state index contributed by atoms with van der Waals surface area (Å²) in [6.07, 6.45) is 2.37. The van der Waals surface area contributed by atoms with E-state index in [9.17, 15) is 9.18 Å². The molecule has 8 heteroatoms. The second-order valence-electron chi connectivity index (χ2n) is 11.3. The van der Waals surface area contributed by atoms with Gasteiger partial charge in [-0.15, -0.1) is 0 Å². The van der Waals surface area contributed by atoms with Crippen molar-refractivity contribution in [1.82, 2.24) is 15.1 Å². The summed E-state index contributed by atoms with van der Waals surface area (Å²) in [5, 5.41) is 3.10. The number of hydrogen-bond acceptors (Lipinski definition) is 6. The molecule has 2 atom stereocenters. The van der Waals surface area contributed by atoms with Crippen LogP contribution in [0.15, 0.2) is 72.8 Å². The Hall–Kier alpha value is -3.62. The summed E-state index contributed by atoms with van der Waals surface area (Å²) < 4.78 is 25.4. The lowest BCUT2D eigenvalue weighted by atomic mass is 9.86. The van der Waals surface area contributed by atoms with Crippen LogP contribution < -0.4 is 19.7 Å². The average Bonchev–Trinajstić information content (AvgIpc) is 3.03. The monoisotopic (exact) mass is 574 g/mol. The highest BCUT2D eigenvalue weighted by molar-refractivity contribution is 5.76. The Bertz CT molecular complexity index is 1300. The molecule has 1 N–H and O–H groups in total. The van der Waals surface area contributed by atoms with Crippen molar-refractivity contribution < 1.29 is 18.7 Å². The number of anilines is 1. The minimum Gasteiger partial charge on any atom is -0.493 e. The fourth-order valence-electron chi connectivity index (χ4n) is 6.54. The van der Waals surface area contributed by atoms with Crippen LogP contribution in [0, 0.1) is 11.7 Å². The second-order valence-corrected chi connectivity index (χ2v) is 11.3. The van der Waals surface area contributed by atoms with Crippen molar-refractivity contribution in [2.45, 2.75) is 38.4 Å². The van der Waals surface area contributed by atoms with Crippen LogP contribution in [-0.2, 0) is 17.9 Å². The molecule has 0 unspecified atom stereocenters. The SMILES string of the molecule is COc1cccc(CNC(=O)CC[C@H]2CN(Cc3ccccc3)CC[C@H]2N2CCN(c3ccccc3F)CC2)c1OC. The molecule has 0 saturated carbocycles. The topological polar surface area (TPSA) is 57.3 Å². The minimum atomic E-state index is -0.157. The van der Waals surface area contributed by atoms with Gasteiger partial charge in [-0.2, -0.15) is 0 Å². The zero-order chi connectivity index (χ0) is 29.3. The number of carbonyl (C=O) groups is 1. The molecule has 3 aromatic carbocycles. The van der Waals surface area contributed by atoms with Crippen molar-refractivity contribution >= 4 is 11.6 Å². The molecule has 0 bridgehead atoms. The molecule has 1 amide bonds. The smallest absolute Gasteiger partial charge is 0.220 e. The molecule has 7 nitrogen and oxygen atoms in total. The maximum absolute atomic E-state index is 14.4. The minimum absolute atomic E-state index is 0.0446. The Morgan fingerprint density at radius 1 is 0.905 bits per heavy atom. The quantitative estimate of drug-likeness (QED) is 0.350. The zero-order valence-electron chi connectivity index (χ0n) is 24.8. The second kappa shape index (κ2) is 14.5. The highest BCUT2D eigenvalue weighted by Crippen LogP contribution is 2.31. The van der Waals surface area contributed by atoms with Crippen LogP contribution in [0.5, 0.6) is 11.5 Å². The highest BCUT2D eigenvalue weighted by Gasteiger charge is 2.35. The van der Waals surface area contributed by atoms with Crippen LogP contribution in [0.3, 0.4) is 0 Å². The van der Waals surface area contributed by atoms with E-state index < -0.39 is 0 Å². The summed E-state index contributed by atoms with van der Waals surface area (Å²) in [6.45, 7) is 6.72. The Labute approximate surface area is 249 Å². The predicted octanol–water partition coefficient (Wildman–Crippen LogP) is 4.95. The van der Waals surface area contributed by atoms with Gasteiger partial charge >= 0.3 is 0 Å². The normalized spacial score (nSPS) is 19.8. The van der Waals surface area contributed by atoms with E-state index in [-0.39, 0.29) is 11.7 Å². The van der Waals surface area contributed by atoms with E-state index in [1.807, 2.05) is 30.3 Å². The third-order valence-electron chi connectivity index (χ3n) is 8.71. The van der Waals surface area contributed by atoms with Crippen LogP contribution in [0.2, 0.25) is 0 Å². The number of methoxy groups -OCH3 is 2. The molecule has 2 heterocycles. The van der Waals surface area contributed by atoms with E-state index in [1.54, 1.807) is 20.3 Å². The van der Waals surface area contributed by atoms with E-state index in [0.29, 0.717) is 42.1 Å². The first-order valence-electron chi connectivity index (χ1n) is 15.0. The third-order valence-corrected chi connectivity index (χ3v) is 8.71. The van der Waals surface area contributed by atoms with E-state index >= 15 is 0 Å². The Kier molecular flexibility index (Phi) is 10.3. The Morgan fingerprint density at radius 2 is 1.67 bits per heavy atom. The molecule has 2 fully saturated rings. The van der Waals surface area contributed by atoms with Gasteiger partial charge < -0.3 is 19.7 Å². The highest BCUT2D eigenvalue weighted by atomic mass is 19.1. The number of benzene rings is 3. The molecule has 42 heavy (non-hydrogen) atoms. The maximum atomic E-state index is 14.4. The van der Waals surface area contributed by atoms with Crippen LogP contribution in [0.25, 0.3) is 0 Å². The van der Waals surface area contributed by atoms with Crippen molar-refractivity contribution in [3.8, 4) is 11.5 Å². The first kappa shape index (κ1) is 29.9. The lowest BCUT2D eigenvalue weighted by molar-refractivity contribution is -0.121. The summed E-state index contributed by atoms with van der Waals surface area (Å²) in [5.41, 5.74) is 2.90.